The molecule has 3 heteroatoms. The minimum atomic E-state index is 0.921. The lowest BCUT2D eigenvalue weighted by atomic mass is 10.0. The van der Waals surface area contributed by atoms with Gasteiger partial charge in [-0.3, -0.25) is 0 Å². The highest BCUT2D eigenvalue weighted by Gasteiger charge is 2.30. The average molecular weight is 293 g/mol. The van der Waals surface area contributed by atoms with Crippen LogP contribution in [0.1, 0.15) is 57.8 Å². The lowest BCUT2D eigenvalue weighted by Gasteiger charge is -2.18. The normalized spacial score (nSPS) is 40.0. The van der Waals surface area contributed by atoms with Crippen molar-refractivity contribution in [2.24, 2.45) is 17.8 Å². The van der Waals surface area contributed by atoms with Gasteiger partial charge in [-0.2, -0.15) is 0 Å². The lowest BCUT2D eigenvalue weighted by molar-refractivity contribution is 0.379. The fourth-order valence-electron chi connectivity index (χ4n) is 4.62. The molecule has 3 nitrogen and oxygen atoms in total. The number of nitrogens with one attached hydrogen (secondary N) is 3. The summed E-state index contributed by atoms with van der Waals surface area (Å²) in [5.41, 5.74) is 0. The molecule has 4 bridgehead atoms. The Morgan fingerprint density at radius 1 is 0.571 bits per heavy atom. The van der Waals surface area contributed by atoms with Gasteiger partial charge in [0.15, 0.2) is 0 Å². The van der Waals surface area contributed by atoms with E-state index in [9.17, 15) is 0 Å². The van der Waals surface area contributed by atoms with Gasteiger partial charge < -0.3 is 16.0 Å². The van der Waals surface area contributed by atoms with E-state index in [2.05, 4.69) is 16.0 Å². The Bertz CT molecular complexity index is 247. The van der Waals surface area contributed by atoms with Crippen LogP contribution in [0.3, 0.4) is 0 Å². The van der Waals surface area contributed by atoms with E-state index in [0.29, 0.717) is 0 Å². The lowest BCUT2D eigenvalue weighted by Crippen LogP contribution is -2.30. The van der Waals surface area contributed by atoms with Crippen LogP contribution in [-0.4, -0.2) is 38.8 Å². The van der Waals surface area contributed by atoms with Gasteiger partial charge in [0.1, 0.15) is 0 Å². The Kier molecular flexibility index (Phi) is 6.38. The molecular formula is C18H35N3. The molecule has 122 valence electrons. The highest BCUT2D eigenvalue weighted by atomic mass is 15.0. The Morgan fingerprint density at radius 3 is 1.52 bits per heavy atom. The minimum absolute atomic E-state index is 0.921. The predicted molar refractivity (Wildman–Crippen MR) is 89.6 cm³/mol. The molecule has 0 radical (unpaired) electrons. The summed E-state index contributed by atoms with van der Waals surface area (Å²) in [5, 5.41) is 10.2. The van der Waals surface area contributed by atoms with Crippen LogP contribution in [0, 0.1) is 17.8 Å². The maximum Gasteiger partial charge on any atom is 0.00704 e. The van der Waals surface area contributed by atoms with Crippen molar-refractivity contribution in [3.8, 4) is 0 Å². The molecule has 3 heterocycles. The van der Waals surface area contributed by atoms with Gasteiger partial charge in [0.05, 0.1) is 0 Å². The first-order valence-electron chi connectivity index (χ1n) is 9.55. The summed E-state index contributed by atoms with van der Waals surface area (Å²) < 4.78 is 0. The average Bonchev–Trinajstić information content (AvgIpc) is 3.28. The summed E-state index contributed by atoms with van der Waals surface area (Å²) >= 11 is 0. The summed E-state index contributed by atoms with van der Waals surface area (Å²) in [6, 6.07) is 0.921. The molecule has 3 N–H and O–H groups in total. The first kappa shape index (κ1) is 15.8. The molecule has 0 aromatic carbocycles. The van der Waals surface area contributed by atoms with Gasteiger partial charge in [-0.25, -0.2) is 0 Å². The zero-order chi connectivity index (χ0) is 14.3. The SMILES string of the molecule is C1CC2CC1CN2.C1CC2CNCC1C2.C1CCNCC1. The molecule has 4 atom stereocenters. The maximum atomic E-state index is 3.46. The van der Waals surface area contributed by atoms with Crippen molar-refractivity contribution in [2.75, 3.05) is 32.7 Å². The van der Waals surface area contributed by atoms with Gasteiger partial charge in [-0.15, -0.1) is 0 Å². The summed E-state index contributed by atoms with van der Waals surface area (Å²) in [5.74, 6) is 3.16. The molecule has 0 spiro atoms. The van der Waals surface area contributed by atoms with Gasteiger partial charge in [0, 0.05) is 6.04 Å². The van der Waals surface area contributed by atoms with Gasteiger partial charge >= 0.3 is 0 Å². The third-order valence-electron chi connectivity index (χ3n) is 5.96. The second kappa shape index (κ2) is 8.50. The fraction of sp³-hybridized carbons (Fsp3) is 1.00. The third-order valence-corrected chi connectivity index (χ3v) is 5.96. The van der Waals surface area contributed by atoms with E-state index in [1.165, 1.54) is 90.5 Å². The molecule has 5 fully saturated rings. The molecule has 3 saturated heterocycles. The molecule has 2 aliphatic carbocycles. The zero-order valence-electron chi connectivity index (χ0n) is 13.7. The van der Waals surface area contributed by atoms with Crippen molar-refractivity contribution in [3.63, 3.8) is 0 Å². The van der Waals surface area contributed by atoms with Crippen LogP contribution < -0.4 is 16.0 Å². The Labute approximate surface area is 131 Å². The van der Waals surface area contributed by atoms with Gasteiger partial charge in [0.2, 0.25) is 0 Å². The number of hydrogen-bond donors (Lipinski definition) is 3. The monoisotopic (exact) mass is 293 g/mol. The molecule has 3 aliphatic heterocycles. The number of piperidine rings is 3. The Morgan fingerprint density at radius 2 is 1.24 bits per heavy atom. The van der Waals surface area contributed by atoms with E-state index in [1.807, 2.05) is 0 Å². The highest BCUT2D eigenvalue weighted by Crippen LogP contribution is 2.32. The first-order valence-corrected chi connectivity index (χ1v) is 9.55. The number of fused-ring (bicyclic) bond motifs is 4. The van der Waals surface area contributed by atoms with E-state index >= 15 is 0 Å². The quantitative estimate of drug-likeness (QED) is 0.642. The van der Waals surface area contributed by atoms with Crippen molar-refractivity contribution in [1.82, 2.24) is 16.0 Å². The maximum absolute atomic E-state index is 3.46. The van der Waals surface area contributed by atoms with Crippen LogP contribution >= 0.6 is 0 Å². The van der Waals surface area contributed by atoms with Crippen LogP contribution in [-0.2, 0) is 0 Å². The highest BCUT2D eigenvalue weighted by molar-refractivity contribution is 4.88. The molecular weight excluding hydrogens is 258 g/mol. The van der Waals surface area contributed by atoms with E-state index < -0.39 is 0 Å². The van der Waals surface area contributed by atoms with E-state index in [4.69, 9.17) is 0 Å². The van der Waals surface area contributed by atoms with Crippen LogP contribution in [0.4, 0.5) is 0 Å². The number of rotatable bonds is 0. The van der Waals surface area contributed by atoms with E-state index in [1.54, 1.807) is 0 Å². The van der Waals surface area contributed by atoms with Crippen molar-refractivity contribution in [2.45, 2.75) is 63.8 Å². The van der Waals surface area contributed by atoms with Gasteiger partial charge in [-0.1, -0.05) is 6.42 Å². The van der Waals surface area contributed by atoms with E-state index in [0.717, 1.165) is 23.8 Å². The predicted octanol–water partition coefficient (Wildman–Crippen LogP) is 2.52. The minimum Gasteiger partial charge on any atom is -0.317 e. The molecule has 0 aromatic rings. The van der Waals surface area contributed by atoms with Crippen molar-refractivity contribution in [3.05, 3.63) is 0 Å². The Hall–Kier alpha value is -0.120. The van der Waals surface area contributed by atoms with Gasteiger partial charge in [0.25, 0.3) is 0 Å². The van der Waals surface area contributed by atoms with Crippen molar-refractivity contribution in [1.29, 1.82) is 0 Å². The van der Waals surface area contributed by atoms with Crippen molar-refractivity contribution < 1.29 is 0 Å². The molecule has 0 aromatic heterocycles. The molecule has 4 unspecified atom stereocenters. The molecule has 2 saturated carbocycles. The fourth-order valence-corrected chi connectivity index (χ4v) is 4.62. The standard InChI is InChI=1S/C7H13N.C6H11N.C5H11N/c1-2-7-3-6(1)4-8-5-7;1-2-6-3-5(1)4-7-6;1-2-4-6-5-3-1/h6-8H,1-5H2;5-7H,1-4H2;6H,1-5H2. The Balaban J connectivity index is 0.0000000957. The third kappa shape index (κ3) is 5.22. The molecule has 5 aliphatic rings. The summed E-state index contributed by atoms with van der Waals surface area (Å²) in [4.78, 5) is 0. The van der Waals surface area contributed by atoms with Gasteiger partial charge in [-0.05, 0) is 102 Å². The molecule has 21 heavy (non-hydrogen) atoms. The summed E-state index contributed by atoms with van der Waals surface area (Å²) in [7, 11) is 0. The van der Waals surface area contributed by atoms with E-state index in [-0.39, 0.29) is 0 Å². The molecule has 0 amide bonds. The molecule has 5 rings (SSSR count). The van der Waals surface area contributed by atoms with Crippen LogP contribution in [0.25, 0.3) is 0 Å². The first-order chi connectivity index (χ1) is 10.4. The van der Waals surface area contributed by atoms with Crippen molar-refractivity contribution >= 4 is 0 Å². The van der Waals surface area contributed by atoms with Crippen LogP contribution in [0.5, 0.6) is 0 Å². The summed E-state index contributed by atoms with van der Waals surface area (Å²) in [6.07, 6.45) is 13.2. The topological polar surface area (TPSA) is 36.1 Å². The van der Waals surface area contributed by atoms with Crippen LogP contribution in [0.2, 0.25) is 0 Å². The second-order valence-corrected chi connectivity index (χ2v) is 7.80. The zero-order valence-corrected chi connectivity index (χ0v) is 13.7. The largest absolute Gasteiger partial charge is 0.317 e. The number of hydrogen-bond acceptors (Lipinski definition) is 3. The van der Waals surface area contributed by atoms with Crippen LogP contribution in [0.15, 0.2) is 0 Å². The second-order valence-electron chi connectivity index (χ2n) is 7.80. The summed E-state index contributed by atoms with van der Waals surface area (Å²) in [6.45, 7) is 6.41. The smallest absolute Gasteiger partial charge is 0.00704 e.